The van der Waals surface area contributed by atoms with Crippen molar-refractivity contribution in [3.05, 3.63) is 57.8 Å². The Morgan fingerprint density at radius 1 is 1.24 bits per heavy atom. The van der Waals surface area contributed by atoms with Crippen LogP contribution in [0.15, 0.2) is 46.9 Å². The highest BCUT2D eigenvalue weighted by Gasteiger charge is 2.06. The fourth-order valence-electron chi connectivity index (χ4n) is 1.62. The minimum absolute atomic E-state index is 0.0691. The van der Waals surface area contributed by atoms with Crippen molar-refractivity contribution in [3.8, 4) is 5.75 Å². The number of benzene rings is 2. The number of rotatable bonds is 6. The van der Waals surface area contributed by atoms with E-state index in [1.54, 1.807) is 18.2 Å². The second-order valence-corrected chi connectivity index (χ2v) is 5.75. The van der Waals surface area contributed by atoms with Gasteiger partial charge in [-0.25, -0.2) is 4.39 Å². The van der Waals surface area contributed by atoms with Gasteiger partial charge in [-0.2, -0.15) is 0 Å². The molecular formula is C15H14BrClFNO2. The molecule has 0 amide bonds. The van der Waals surface area contributed by atoms with Gasteiger partial charge in [-0.1, -0.05) is 27.5 Å². The van der Waals surface area contributed by atoms with E-state index < -0.39 is 11.9 Å². The van der Waals surface area contributed by atoms with Crippen LogP contribution in [0.3, 0.4) is 0 Å². The smallest absolute Gasteiger partial charge is 0.143 e. The fourth-order valence-corrected chi connectivity index (χ4v) is 2.01. The molecule has 2 rings (SSSR count). The molecule has 2 aromatic rings. The van der Waals surface area contributed by atoms with Crippen molar-refractivity contribution in [3.63, 3.8) is 0 Å². The minimum Gasteiger partial charge on any atom is -0.491 e. The summed E-state index contributed by atoms with van der Waals surface area (Å²) >= 11 is 8.93. The summed E-state index contributed by atoms with van der Waals surface area (Å²) in [5.41, 5.74) is 0.555. The van der Waals surface area contributed by atoms with Gasteiger partial charge < -0.3 is 15.2 Å². The molecule has 112 valence electrons. The summed E-state index contributed by atoms with van der Waals surface area (Å²) in [5.74, 6) is 0.178. The lowest BCUT2D eigenvalue weighted by Crippen LogP contribution is -2.26. The molecule has 1 atom stereocenters. The van der Waals surface area contributed by atoms with E-state index in [1.165, 1.54) is 12.1 Å². The SMILES string of the molecule is OC(CNc1ccc(Cl)c(F)c1)COc1ccc(Br)cc1. The molecule has 0 saturated carbocycles. The van der Waals surface area contributed by atoms with Gasteiger partial charge in [0.1, 0.15) is 24.3 Å². The van der Waals surface area contributed by atoms with Crippen LogP contribution in [-0.2, 0) is 0 Å². The van der Waals surface area contributed by atoms with Gasteiger partial charge in [0.15, 0.2) is 0 Å². The van der Waals surface area contributed by atoms with E-state index in [0.717, 1.165) is 4.47 Å². The van der Waals surface area contributed by atoms with Gasteiger partial charge >= 0.3 is 0 Å². The van der Waals surface area contributed by atoms with Crippen molar-refractivity contribution in [2.45, 2.75) is 6.10 Å². The van der Waals surface area contributed by atoms with E-state index >= 15 is 0 Å². The molecule has 21 heavy (non-hydrogen) atoms. The normalized spacial score (nSPS) is 12.0. The fraction of sp³-hybridized carbons (Fsp3) is 0.200. The number of hydrogen-bond acceptors (Lipinski definition) is 3. The van der Waals surface area contributed by atoms with Gasteiger partial charge in [-0.3, -0.25) is 0 Å². The molecule has 0 spiro atoms. The predicted molar refractivity (Wildman–Crippen MR) is 85.5 cm³/mol. The number of hydrogen-bond donors (Lipinski definition) is 2. The van der Waals surface area contributed by atoms with Crippen molar-refractivity contribution in [1.29, 1.82) is 0 Å². The molecule has 0 radical (unpaired) electrons. The molecular weight excluding hydrogens is 361 g/mol. The molecule has 2 aromatic carbocycles. The second kappa shape index (κ2) is 7.64. The average Bonchev–Trinajstić information content (AvgIpc) is 2.48. The highest BCUT2D eigenvalue weighted by Crippen LogP contribution is 2.19. The van der Waals surface area contributed by atoms with Crippen LogP contribution in [-0.4, -0.2) is 24.4 Å². The van der Waals surface area contributed by atoms with Crippen LogP contribution < -0.4 is 10.1 Å². The number of nitrogens with one attached hydrogen (secondary N) is 1. The molecule has 0 saturated heterocycles. The Balaban J connectivity index is 1.77. The van der Waals surface area contributed by atoms with Crippen LogP contribution in [0.4, 0.5) is 10.1 Å². The Labute approximate surface area is 135 Å². The van der Waals surface area contributed by atoms with Gasteiger partial charge in [0, 0.05) is 16.7 Å². The first kappa shape index (κ1) is 16.1. The zero-order valence-corrected chi connectivity index (χ0v) is 13.4. The minimum atomic E-state index is -0.715. The summed E-state index contributed by atoms with van der Waals surface area (Å²) in [4.78, 5) is 0. The van der Waals surface area contributed by atoms with Gasteiger partial charge in [0.05, 0.1) is 5.02 Å². The zero-order valence-electron chi connectivity index (χ0n) is 11.0. The first-order chi connectivity index (χ1) is 10.0. The maximum absolute atomic E-state index is 13.2. The number of aliphatic hydroxyl groups excluding tert-OH is 1. The number of halogens is 3. The largest absolute Gasteiger partial charge is 0.491 e. The quantitative estimate of drug-likeness (QED) is 0.800. The van der Waals surface area contributed by atoms with Crippen molar-refractivity contribution in [2.24, 2.45) is 0 Å². The summed E-state index contributed by atoms with van der Waals surface area (Å²) < 4.78 is 19.7. The number of aliphatic hydroxyl groups is 1. The lowest BCUT2D eigenvalue weighted by atomic mass is 10.3. The van der Waals surface area contributed by atoms with Crippen LogP contribution in [0.5, 0.6) is 5.75 Å². The molecule has 0 aliphatic carbocycles. The van der Waals surface area contributed by atoms with Crippen molar-refractivity contribution < 1.29 is 14.2 Å². The van der Waals surface area contributed by atoms with Crippen molar-refractivity contribution in [1.82, 2.24) is 0 Å². The molecule has 6 heteroatoms. The molecule has 2 N–H and O–H groups in total. The van der Waals surface area contributed by atoms with E-state index in [0.29, 0.717) is 11.4 Å². The zero-order chi connectivity index (χ0) is 15.2. The van der Waals surface area contributed by atoms with Crippen LogP contribution in [0.1, 0.15) is 0 Å². The van der Waals surface area contributed by atoms with E-state index in [-0.39, 0.29) is 18.2 Å². The molecule has 0 aliphatic heterocycles. The van der Waals surface area contributed by atoms with Gasteiger partial charge in [-0.05, 0) is 42.5 Å². The average molecular weight is 375 g/mol. The lowest BCUT2D eigenvalue weighted by molar-refractivity contribution is 0.117. The second-order valence-electron chi connectivity index (χ2n) is 4.43. The van der Waals surface area contributed by atoms with Gasteiger partial charge in [0.2, 0.25) is 0 Å². The Morgan fingerprint density at radius 3 is 2.62 bits per heavy atom. The molecule has 0 aliphatic rings. The van der Waals surface area contributed by atoms with Gasteiger partial charge in [0.25, 0.3) is 0 Å². The highest BCUT2D eigenvalue weighted by molar-refractivity contribution is 9.10. The first-order valence-electron chi connectivity index (χ1n) is 6.30. The van der Waals surface area contributed by atoms with E-state index in [1.807, 2.05) is 12.1 Å². The van der Waals surface area contributed by atoms with E-state index in [2.05, 4.69) is 21.2 Å². The predicted octanol–water partition coefficient (Wildman–Crippen LogP) is 4.09. The Morgan fingerprint density at radius 2 is 1.95 bits per heavy atom. The number of anilines is 1. The van der Waals surface area contributed by atoms with E-state index in [4.69, 9.17) is 16.3 Å². The maximum atomic E-state index is 13.2. The highest BCUT2D eigenvalue weighted by atomic mass is 79.9. The topological polar surface area (TPSA) is 41.5 Å². The van der Waals surface area contributed by atoms with Crippen LogP contribution in [0, 0.1) is 5.82 Å². The van der Waals surface area contributed by atoms with Crippen molar-refractivity contribution in [2.75, 3.05) is 18.5 Å². The molecule has 0 bridgehead atoms. The van der Waals surface area contributed by atoms with Crippen LogP contribution in [0.2, 0.25) is 5.02 Å². The monoisotopic (exact) mass is 373 g/mol. The maximum Gasteiger partial charge on any atom is 0.143 e. The Hall–Kier alpha value is -1.30. The molecule has 3 nitrogen and oxygen atoms in total. The third kappa shape index (κ3) is 5.19. The van der Waals surface area contributed by atoms with E-state index in [9.17, 15) is 9.50 Å². The summed E-state index contributed by atoms with van der Waals surface area (Å²) in [5, 5.41) is 12.8. The summed E-state index contributed by atoms with van der Waals surface area (Å²) in [6, 6.07) is 11.7. The van der Waals surface area contributed by atoms with Gasteiger partial charge in [-0.15, -0.1) is 0 Å². The van der Waals surface area contributed by atoms with Crippen molar-refractivity contribution >= 4 is 33.2 Å². The summed E-state index contributed by atoms with van der Waals surface area (Å²) in [6.07, 6.45) is -0.715. The third-order valence-electron chi connectivity index (χ3n) is 2.72. The first-order valence-corrected chi connectivity index (χ1v) is 7.47. The third-order valence-corrected chi connectivity index (χ3v) is 3.55. The molecule has 0 heterocycles. The standard InChI is InChI=1S/C15H14BrClFNO2/c16-10-1-4-13(5-2-10)21-9-12(20)8-19-11-3-6-14(17)15(18)7-11/h1-7,12,19-20H,8-9H2. The van der Waals surface area contributed by atoms with Crippen LogP contribution >= 0.6 is 27.5 Å². The molecule has 0 fully saturated rings. The summed E-state index contributed by atoms with van der Waals surface area (Å²) in [7, 11) is 0. The van der Waals surface area contributed by atoms with Crippen LogP contribution in [0.25, 0.3) is 0 Å². The summed E-state index contributed by atoms with van der Waals surface area (Å²) in [6.45, 7) is 0.391. The number of ether oxygens (including phenoxy) is 1. The Bertz CT molecular complexity index is 595. The molecule has 0 aromatic heterocycles. The molecule has 1 unspecified atom stereocenters. The lowest BCUT2D eigenvalue weighted by Gasteiger charge is -2.14. The Kier molecular flexibility index (Phi) is 5.85.